The van der Waals surface area contributed by atoms with Gasteiger partial charge in [0.25, 0.3) is 0 Å². The molecule has 0 aliphatic rings. The number of benzene rings is 1. The molecule has 0 radical (unpaired) electrons. The molecule has 0 saturated carbocycles. The smallest absolute Gasteiger partial charge is 0.0649 e. The molecule has 0 saturated heterocycles. The van der Waals surface area contributed by atoms with E-state index in [0.29, 0.717) is 0 Å². The molecule has 1 aromatic rings. The largest absolute Gasteiger partial charge is 0.0863 e. The lowest BCUT2D eigenvalue weighted by atomic mass is 10.0. The van der Waals surface area contributed by atoms with E-state index in [4.69, 9.17) is 0 Å². The molecule has 0 spiro atoms. The van der Waals surface area contributed by atoms with Gasteiger partial charge in [0.2, 0.25) is 0 Å². The van der Waals surface area contributed by atoms with Crippen molar-refractivity contribution in [2.75, 3.05) is 5.33 Å². The van der Waals surface area contributed by atoms with Crippen molar-refractivity contribution in [2.45, 2.75) is 20.8 Å². The zero-order valence-corrected chi connectivity index (χ0v) is 9.83. The molecule has 0 nitrogen and oxygen atoms in total. The first-order valence-electron chi connectivity index (χ1n) is 4.28. The highest BCUT2D eigenvalue weighted by atomic mass is 79.9. The van der Waals surface area contributed by atoms with Gasteiger partial charge in [-0.25, -0.2) is 0 Å². The van der Waals surface area contributed by atoms with E-state index in [1.807, 2.05) is 0 Å². The average Bonchev–Trinajstić information content (AvgIpc) is 2.09. The minimum atomic E-state index is 0.735. The average molecular weight is 237 g/mol. The fourth-order valence-electron chi connectivity index (χ4n) is 1.22. The van der Waals surface area contributed by atoms with Crippen LogP contribution in [0, 0.1) is 32.6 Å². The molecule has 0 N–H and O–H groups in total. The molecule has 1 aromatic carbocycles. The van der Waals surface area contributed by atoms with Gasteiger partial charge in [0.1, 0.15) is 0 Å². The van der Waals surface area contributed by atoms with Gasteiger partial charge in [-0.1, -0.05) is 33.8 Å². The normalized spacial score (nSPS) is 9.23. The molecule has 0 amide bonds. The second kappa shape index (κ2) is 4.48. The minimum absolute atomic E-state index is 0.735. The molecule has 1 rings (SSSR count). The summed E-state index contributed by atoms with van der Waals surface area (Å²) in [6, 6.07) is 4.34. The van der Waals surface area contributed by atoms with Crippen molar-refractivity contribution < 1.29 is 0 Å². The molecule has 0 aromatic heterocycles. The van der Waals surface area contributed by atoms with Crippen LogP contribution in [0.2, 0.25) is 0 Å². The number of aryl methyl sites for hydroxylation is 3. The maximum absolute atomic E-state index is 3.29. The van der Waals surface area contributed by atoms with E-state index in [0.717, 1.165) is 10.9 Å². The molecule has 1 heteroatoms. The fourth-order valence-corrected chi connectivity index (χ4v) is 1.36. The van der Waals surface area contributed by atoms with Crippen LogP contribution in [0.1, 0.15) is 22.3 Å². The monoisotopic (exact) mass is 236 g/mol. The summed E-state index contributed by atoms with van der Waals surface area (Å²) in [6.45, 7) is 6.35. The Morgan fingerprint density at radius 1 is 1.08 bits per heavy atom. The second-order valence-electron chi connectivity index (χ2n) is 3.19. The Hall–Kier alpha value is -0.740. The van der Waals surface area contributed by atoms with Crippen molar-refractivity contribution in [3.8, 4) is 11.8 Å². The van der Waals surface area contributed by atoms with Crippen molar-refractivity contribution in [3.63, 3.8) is 0 Å². The minimum Gasteiger partial charge on any atom is -0.0863 e. The Bertz CT molecular complexity index is 367. The Morgan fingerprint density at radius 3 is 2.31 bits per heavy atom. The van der Waals surface area contributed by atoms with Gasteiger partial charge in [-0.05, 0) is 43.5 Å². The Morgan fingerprint density at radius 2 is 1.69 bits per heavy atom. The maximum Gasteiger partial charge on any atom is 0.0649 e. The van der Waals surface area contributed by atoms with Crippen LogP contribution in [0.15, 0.2) is 12.1 Å². The fraction of sp³-hybridized carbons (Fsp3) is 0.333. The highest BCUT2D eigenvalue weighted by molar-refractivity contribution is 9.09. The van der Waals surface area contributed by atoms with E-state index >= 15 is 0 Å². The molecule has 0 fully saturated rings. The third-order valence-corrected chi connectivity index (χ3v) is 2.41. The van der Waals surface area contributed by atoms with Crippen molar-refractivity contribution in [1.82, 2.24) is 0 Å². The predicted octanol–water partition coefficient (Wildman–Crippen LogP) is 3.36. The topological polar surface area (TPSA) is 0 Å². The van der Waals surface area contributed by atoms with E-state index < -0.39 is 0 Å². The first-order chi connectivity index (χ1) is 6.15. The third-order valence-electron chi connectivity index (χ3n) is 2.13. The second-order valence-corrected chi connectivity index (χ2v) is 3.75. The maximum atomic E-state index is 3.29. The summed E-state index contributed by atoms with van der Waals surface area (Å²) < 4.78 is 0. The lowest BCUT2D eigenvalue weighted by Crippen LogP contribution is -1.88. The SMILES string of the molecule is Cc1cc(C)c(C#CCBr)cc1C. The van der Waals surface area contributed by atoms with Crippen LogP contribution in [0.5, 0.6) is 0 Å². The zero-order valence-electron chi connectivity index (χ0n) is 8.24. The Labute approximate surface area is 88.5 Å². The van der Waals surface area contributed by atoms with E-state index in [-0.39, 0.29) is 0 Å². The number of halogens is 1. The summed E-state index contributed by atoms with van der Waals surface area (Å²) in [5, 5.41) is 0.735. The van der Waals surface area contributed by atoms with Crippen LogP contribution in [0.3, 0.4) is 0 Å². The van der Waals surface area contributed by atoms with Gasteiger partial charge in [0, 0.05) is 5.56 Å². The van der Waals surface area contributed by atoms with Crippen LogP contribution in [0.4, 0.5) is 0 Å². The van der Waals surface area contributed by atoms with E-state index in [9.17, 15) is 0 Å². The molecule has 0 atom stereocenters. The van der Waals surface area contributed by atoms with Gasteiger partial charge < -0.3 is 0 Å². The molecular formula is C12H13Br. The van der Waals surface area contributed by atoms with Crippen LogP contribution in [0.25, 0.3) is 0 Å². The molecule has 0 aliphatic heterocycles. The Balaban J connectivity index is 3.16. The standard InChI is InChI=1S/C12H13Br/c1-9-7-11(3)12(5-4-6-13)8-10(9)2/h7-8H,6H2,1-3H3. The van der Waals surface area contributed by atoms with Crippen molar-refractivity contribution in [1.29, 1.82) is 0 Å². The predicted molar refractivity (Wildman–Crippen MR) is 61.3 cm³/mol. The molecule has 0 bridgehead atoms. The summed E-state index contributed by atoms with van der Waals surface area (Å²) in [4.78, 5) is 0. The summed E-state index contributed by atoms with van der Waals surface area (Å²) in [7, 11) is 0. The summed E-state index contributed by atoms with van der Waals surface area (Å²) in [5.41, 5.74) is 5.05. The molecule has 0 unspecified atom stereocenters. The molecular weight excluding hydrogens is 224 g/mol. The number of hydrogen-bond donors (Lipinski definition) is 0. The number of rotatable bonds is 0. The van der Waals surface area contributed by atoms with Crippen LogP contribution < -0.4 is 0 Å². The van der Waals surface area contributed by atoms with Gasteiger partial charge in [-0.15, -0.1) is 0 Å². The lowest BCUT2D eigenvalue weighted by molar-refractivity contribution is 1.28. The van der Waals surface area contributed by atoms with Gasteiger partial charge >= 0.3 is 0 Å². The number of alkyl halides is 1. The first kappa shape index (κ1) is 10.3. The van der Waals surface area contributed by atoms with Gasteiger partial charge in [0.05, 0.1) is 5.33 Å². The van der Waals surface area contributed by atoms with E-state index in [2.05, 4.69) is 60.7 Å². The van der Waals surface area contributed by atoms with Crippen LogP contribution in [-0.4, -0.2) is 5.33 Å². The first-order valence-corrected chi connectivity index (χ1v) is 5.40. The van der Waals surface area contributed by atoms with E-state index in [1.54, 1.807) is 0 Å². The van der Waals surface area contributed by atoms with E-state index in [1.165, 1.54) is 16.7 Å². The molecule has 0 heterocycles. The van der Waals surface area contributed by atoms with Crippen molar-refractivity contribution >= 4 is 15.9 Å². The summed E-state index contributed by atoms with van der Waals surface area (Å²) >= 11 is 3.29. The third kappa shape index (κ3) is 2.60. The highest BCUT2D eigenvalue weighted by Gasteiger charge is 1.98. The quantitative estimate of drug-likeness (QED) is 0.479. The van der Waals surface area contributed by atoms with Crippen LogP contribution >= 0.6 is 15.9 Å². The zero-order chi connectivity index (χ0) is 9.84. The Kier molecular flexibility index (Phi) is 3.57. The summed E-state index contributed by atoms with van der Waals surface area (Å²) in [5.74, 6) is 6.15. The van der Waals surface area contributed by atoms with Gasteiger partial charge in [0.15, 0.2) is 0 Å². The molecule has 68 valence electrons. The molecule has 13 heavy (non-hydrogen) atoms. The van der Waals surface area contributed by atoms with Crippen molar-refractivity contribution in [2.24, 2.45) is 0 Å². The van der Waals surface area contributed by atoms with Gasteiger partial charge in [-0.3, -0.25) is 0 Å². The lowest BCUT2D eigenvalue weighted by Gasteiger charge is -2.03. The van der Waals surface area contributed by atoms with Gasteiger partial charge in [-0.2, -0.15) is 0 Å². The van der Waals surface area contributed by atoms with Crippen LogP contribution in [-0.2, 0) is 0 Å². The van der Waals surface area contributed by atoms with Crippen molar-refractivity contribution in [3.05, 3.63) is 34.4 Å². The summed E-state index contributed by atoms with van der Waals surface area (Å²) in [6.07, 6.45) is 0. The molecule has 0 aliphatic carbocycles. The number of hydrogen-bond acceptors (Lipinski definition) is 0. The highest BCUT2D eigenvalue weighted by Crippen LogP contribution is 2.13.